The van der Waals surface area contributed by atoms with Gasteiger partial charge in [-0.1, -0.05) is 6.07 Å². The third kappa shape index (κ3) is 2.41. The fraction of sp³-hybridized carbons (Fsp3) is 0.0769. The van der Waals surface area contributed by atoms with E-state index in [1.54, 1.807) is 18.3 Å². The summed E-state index contributed by atoms with van der Waals surface area (Å²) in [5.41, 5.74) is 0.709. The van der Waals surface area contributed by atoms with E-state index in [2.05, 4.69) is 15.4 Å². The van der Waals surface area contributed by atoms with Gasteiger partial charge in [-0.05, 0) is 24.3 Å². The number of hydrazone groups is 1. The van der Waals surface area contributed by atoms with Crippen LogP contribution < -0.4 is 5.32 Å². The molecule has 0 saturated carbocycles. The molecule has 0 bridgehead atoms. The van der Waals surface area contributed by atoms with Crippen LogP contribution in [-0.2, 0) is 4.79 Å². The van der Waals surface area contributed by atoms with Gasteiger partial charge in [-0.3, -0.25) is 15.1 Å². The number of rotatable bonds is 3. The Morgan fingerprint density at radius 2 is 2.20 bits per heavy atom. The smallest absolute Gasteiger partial charge is 0.344 e. The van der Waals surface area contributed by atoms with E-state index in [4.69, 9.17) is 4.42 Å². The average molecular weight is 270 g/mol. The van der Waals surface area contributed by atoms with E-state index >= 15 is 0 Å². The zero-order chi connectivity index (χ0) is 13.9. The average Bonchev–Trinajstić information content (AvgIpc) is 3.04. The predicted octanol–water partition coefficient (Wildman–Crippen LogP) is 1.23. The number of hydrogen-bond donors (Lipinski definition) is 1. The maximum Gasteiger partial charge on any atom is 0.344 e. The molecule has 0 aliphatic carbocycles. The number of imide groups is 1. The molecule has 0 aromatic carbocycles. The SMILES string of the molecule is O=C1CN(N=Cc2ccc(-c3ccccn3)o2)C(=O)N1. The second-order valence-electron chi connectivity index (χ2n) is 4.07. The molecule has 7 heteroatoms. The summed E-state index contributed by atoms with van der Waals surface area (Å²) < 4.78 is 5.54. The van der Waals surface area contributed by atoms with E-state index in [0.717, 1.165) is 5.01 Å². The lowest BCUT2D eigenvalue weighted by molar-refractivity contribution is -0.118. The van der Waals surface area contributed by atoms with Gasteiger partial charge in [0.2, 0.25) is 5.91 Å². The topological polar surface area (TPSA) is 87.8 Å². The number of urea groups is 1. The minimum Gasteiger partial charge on any atom is -0.453 e. The summed E-state index contributed by atoms with van der Waals surface area (Å²) in [6.07, 6.45) is 3.05. The summed E-state index contributed by atoms with van der Waals surface area (Å²) >= 11 is 0. The highest BCUT2D eigenvalue weighted by molar-refractivity contribution is 6.02. The summed E-state index contributed by atoms with van der Waals surface area (Å²) in [5, 5.41) is 7.05. The highest BCUT2D eigenvalue weighted by atomic mass is 16.3. The lowest BCUT2D eigenvalue weighted by Crippen LogP contribution is -2.24. The maximum absolute atomic E-state index is 11.3. The van der Waals surface area contributed by atoms with Gasteiger partial charge in [0.1, 0.15) is 18.0 Å². The van der Waals surface area contributed by atoms with Gasteiger partial charge < -0.3 is 4.42 Å². The van der Waals surface area contributed by atoms with Crippen LogP contribution in [0.2, 0.25) is 0 Å². The fourth-order valence-electron chi connectivity index (χ4n) is 1.72. The molecule has 0 spiro atoms. The van der Waals surface area contributed by atoms with Gasteiger partial charge in [-0.25, -0.2) is 9.80 Å². The van der Waals surface area contributed by atoms with Crippen LogP contribution in [0.15, 0.2) is 46.0 Å². The van der Waals surface area contributed by atoms with Crippen molar-refractivity contribution in [2.75, 3.05) is 6.54 Å². The van der Waals surface area contributed by atoms with Crippen molar-refractivity contribution in [3.8, 4) is 11.5 Å². The maximum atomic E-state index is 11.3. The van der Waals surface area contributed by atoms with Crippen molar-refractivity contribution in [3.63, 3.8) is 0 Å². The third-order valence-corrected chi connectivity index (χ3v) is 2.64. The number of amides is 3. The van der Waals surface area contributed by atoms with Crippen LogP contribution in [0.4, 0.5) is 4.79 Å². The van der Waals surface area contributed by atoms with E-state index < -0.39 is 6.03 Å². The molecule has 1 fully saturated rings. The summed E-state index contributed by atoms with van der Waals surface area (Å²) in [5.74, 6) is 0.701. The molecule has 1 aliphatic rings. The van der Waals surface area contributed by atoms with Crippen molar-refractivity contribution in [2.24, 2.45) is 5.10 Å². The van der Waals surface area contributed by atoms with E-state index in [9.17, 15) is 9.59 Å². The molecule has 0 radical (unpaired) electrons. The molecule has 3 amide bonds. The monoisotopic (exact) mass is 270 g/mol. The van der Waals surface area contributed by atoms with Crippen molar-refractivity contribution in [1.82, 2.24) is 15.3 Å². The third-order valence-electron chi connectivity index (χ3n) is 2.64. The number of carbonyl (C=O) groups excluding carboxylic acids is 2. The van der Waals surface area contributed by atoms with Crippen molar-refractivity contribution in [1.29, 1.82) is 0 Å². The molecule has 3 rings (SSSR count). The zero-order valence-corrected chi connectivity index (χ0v) is 10.3. The Kier molecular flexibility index (Phi) is 3.00. The molecule has 1 saturated heterocycles. The largest absolute Gasteiger partial charge is 0.453 e. The Balaban J connectivity index is 1.75. The molecule has 7 nitrogen and oxygen atoms in total. The molecule has 2 aromatic heterocycles. The Bertz CT molecular complexity index is 678. The number of furan rings is 1. The van der Waals surface area contributed by atoms with Crippen LogP contribution in [0.1, 0.15) is 5.76 Å². The molecular weight excluding hydrogens is 260 g/mol. The first-order valence-electron chi connectivity index (χ1n) is 5.89. The minimum atomic E-state index is -0.539. The summed E-state index contributed by atoms with van der Waals surface area (Å²) in [7, 11) is 0. The second kappa shape index (κ2) is 4.96. The number of aromatic nitrogens is 1. The van der Waals surface area contributed by atoms with Gasteiger partial charge in [0.05, 0.1) is 6.21 Å². The number of nitrogens with zero attached hydrogens (tertiary/aromatic N) is 3. The lowest BCUT2D eigenvalue weighted by Gasteiger charge is -2.02. The normalized spacial score (nSPS) is 15.1. The van der Waals surface area contributed by atoms with Crippen molar-refractivity contribution >= 4 is 18.2 Å². The van der Waals surface area contributed by atoms with Gasteiger partial charge >= 0.3 is 6.03 Å². The summed E-state index contributed by atoms with van der Waals surface area (Å²) in [6, 6.07) is 8.44. The van der Waals surface area contributed by atoms with Crippen LogP contribution in [0.25, 0.3) is 11.5 Å². The fourth-order valence-corrected chi connectivity index (χ4v) is 1.72. The Hall–Kier alpha value is -2.96. The first-order chi connectivity index (χ1) is 9.72. The highest BCUT2D eigenvalue weighted by Crippen LogP contribution is 2.18. The van der Waals surface area contributed by atoms with E-state index in [0.29, 0.717) is 17.2 Å². The van der Waals surface area contributed by atoms with Crippen LogP contribution in [-0.4, -0.2) is 34.7 Å². The van der Waals surface area contributed by atoms with Gasteiger partial charge in [-0.15, -0.1) is 0 Å². The number of carbonyl (C=O) groups is 2. The van der Waals surface area contributed by atoms with Gasteiger partial charge in [0.25, 0.3) is 0 Å². The molecule has 0 atom stereocenters. The molecule has 20 heavy (non-hydrogen) atoms. The predicted molar refractivity (Wildman–Crippen MR) is 69.8 cm³/mol. The van der Waals surface area contributed by atoms with E-state index in [1.165, 1.54) is 6.21 Å². The van der Waals surface area contributed by atoms with Gasteiger partial charge in [0.15, 0.2) is 5.76 Å². The molecule has 2 aromatic rings. The summed E-state index contributed by atoms with van der Waals surface area (Å²) in [6.45, 7) is -0.0802. The summed E-state index contributed by atoms with van der Waals surface area (Å²) in [4.78, 5) is 26.4. The first-order valence-corrected chi connectivity index (χ1v) is 5.89. The quantitative estimate of drug-likeness (QED) is 0.671. The van der Waals surface area contributed by atoms with Gasteiger partial charge in [0, 0.05) is 6.20 Å². The molecule has 1 N–H and O–H groups in total. The standard InChI is InChI=1S/C13H10N4O3/c18-12-8-17(13(19)16-12)15-7-9-4-5-11(20-9)10-3-1-2-6-14-10/h1-7H,8H2,(H,16,18,19). The van der Waals surface area contributed by atoms with Crippen LogP contribution in [0.5, 0.6) is 0 Å². The van der Waals surface area contributed by atoms with Crippen molar-refractivity contribution in [3.05, 3.63) is 42.3 Å². The molecule has 0 unspecified atom stereocenters. The Morgan fingerprint density at radius 1 is 1.30 bits per heavy atom. The van der Waals surface area contributed by atoms with E-state index in [1.807, 2.05) is 18.2 Å². The van der Waals surface area contributed by atoms with Crippen LogP contribution in [0, 0.1) is 0 Å². The highest BCUT2D eigenvalue weighted by Gasteiger charge is 2.25. The molecule has 100 valence electrons. The van der Waals surface area contributed by atoms with E-state index in [-0.39, 0.29) is 12.5 Å². The molecular formula is C13H10N4O3. The van der Waals surface area contributed by atoms with Crippen LogP contribution in [0.3, 0.4) is 0 Å². The van der Waals surface area contributed by atoms with Crippen molar-refractivity contribution in [2.45, 2.75) is 0 Å². The lowest BCUT2D eigenvalue weighted by atomic mass is 10.3. The first kappa shape index (κ1) is 12.1. The number of pyridine rings is 1. The second-order valence-corrected chi connectivity index (χ2v) is 4.07. The zero-order valence-electron chi connectivity index (χ0n) is 10.3. The molecule has 3 heterocycles. The Labute approximate surface area is 113 Å². The number of hydrogen-bond acceptors (Lipinski definition) is 5. The van der Waals surface area contributed by atoms with Crippen molar-refractivity contribution < 1.29 is 14.0 Å². The number of nitrogens with one attached hydrogen (secondary N) is 1. The Morgan fingerprint density at radius 3 is 2.90 bits per heavy atom. The van der Waals surface area contributed by atoms with Crippen LogP contribution >= 0.6 is 0 Å². The van der Waals surface area contributed by atoms with Gasteiger partial charge in [-0.2, -0.15) is 5.10 Å². The molecule has 1 aliphatic heterocycles. The minimum absolute atomic E-state index is 0.0802.